The third kappa shape index (κ3) is 3.07. The zero-order valence-corrected chi connectivity index (χ0v) is 8.84. The Balaban J connectivity index is 3.11. The molecule has 80 valence electrons. The molecule has 4 heteroatoms. The van der Waals surface area contributed by atoms with Crippen LogP contribution in [0.25, 0.3) is 0 Å². The number of hydrogen-bond acceptors (Lipinski definition) is 3. The molecule has 1 aromatic carbocycles. The molecule has 0 saturated heterocycles. The highest BCUT2D eigenvalue weighted by Crippen LogP contribution is 2.06. The van der Waals surface area contributed by atoms with Gasteiger partial charge >= 0.3 is 0 Å². The minimum Gasteiger partial charge on any atom is -0.277 e. The predicted molar refractivity (Wildman–Crippen MR) is 61.7 cm³/mol. The van der Waals surface area contributed by atoms with Gasteiger partial charge in [-0.2, -0.15) is 10.4 Å². The maximum Gasteiger partial charge on any atom is 0.227 e. The van der Waals surface area contributed by atoms with Crippen molar-refractivity contribution in [2.24, 2.45) is 5.10 Å². The molecule has 0 aliphatic rings. The highest BCUT2D eigenvalue weighted by Gasteiger charge is 2.00. The van der Waals surface area contributed by atoms with Gasteiger partial charge in [-0.1, -0.05) is 18.2 Å². The van der Waals surface area contributed by atoms with E-state index in [1.807, 2.05) is 19.1 Å². The van der Waals surface area contributed by atoms with Crippen LogP contribution in [0.1, 0.15) is 18.1 Å². The number of benzene rings is 1. The lowest BCUT2D eigenvalue weighted by atomic mass is 10.1. The van der Waals surface area contributed by atoms with E-state index in [4.69, 9.17) is 5.26 Å². The molecule has 0 saturated carbocycles. The molecule has 0 heterocycles. The van der Waals surface area contributed by atoms with Gasteiger partial charge in [0, 0.05) is 5.56 Å². The first-order valence-corrected chi connectivity index (χ1v) is 4.72. The van der Waals surface area contributed by atoms with Crippen molar-refractivity contribution >= 4 is 12.1 Å². The van der Waals surface area contributed by atoms with Gasteiger partial charge in [-0.3, -0.25) is 4.79 Å². The van der Waals surface area contributed by atoms with E-state index in [2.05, 4.69) is 16.6 Å². The van der Waals surface area contributed by atoms with Gasteiger partial charge in [0.05, 0.1) is 17.3 Å². The SMILES string of the molecule is C/C=C\C(=N/NC=O)c1cccc(C#N)c1. The second-order valence-electron chi connectivity index (χ2n) is 2.94. The number of carbonyl (C=O) groups excluding carboxylic acids is 1. The van der Waals surface area contributed by atoms with Gasteiger partial charge in [0.15, 0.2) is 0 Å². The van der Waals surface area contributed by atoms with Crippen molar-refractivity contribution in [2.45, 2.75) is 6.92 Å². The summed E-state index contributed by atoms with van der Waals surface area (Å²) in [6.45, 7) is 1.85. The van der Waals surface area contributed by atoms with Crippen LogP contribution in [0.15, 0.2) is 41.5 Å². The minimum absolute atomic E-state index is 0.498. The van der Waals surface area contributed by atoms with Gasteiger partial charge in [-0.05, 0) is 25.1 Å². The summed E-state index contributed by atoms with van der Waals surface area (Å²) in [5.74, 6) is 0. The summed E-state index contributed by atoms with van der Waals surface area (Å²) in [7, 11) is 0. The van der Waals surface area contributed by atoms with Crippen LogP contribution in [0.2, 0.25) is 0 Å². The number of nitriles is 1. The zero-order valence-electron chi connectivity index (χ0n) is 8.84. The monoisotopic (exact) mass is 213 g/mol. The topological polar surface area (TPSA) is 65.2 Å². The van der Waals surface area contributed by atoms with Gasteiger partial charge < -0.3 is 0 Å². The summed E-state index contributed by atoms with van der Waals surface area (Å²) < 4.78 is 0. The van der Waals surface area contributed by atoms with E-state index < -0.39 is 0 Å². The normalized spacial score (nSPS) is 11.1. The lowest BCUT2D eigenvalue weighted by Gasteiger charge is -2.01. The first-order chi connectivity index (χ1) is 7.81. The van der Waals surface area contributed by atoms with Gasteiger partial charge in [0.25, 0.3) is 0 Å². The molecule has 0 aliphatic heterocycles. The molecule has 4 nitrogen and oxygen atoms in total. The Labute approximate surface area is 93.9 Å². The Bertz CT molecular complexity index is 469. The summed E-state index contributed by atoms with van der Waals surface area (Å²) in [5.41, 5.74) is 4.19. The maximum atomic E-state index is 10.2. The van der Waals surface area contributed by atoms with Crippen LogP contribution >= 0.6 is 0 Å². The fourth-order valence-electron chi connectivity index (χ4n) is 1.20. The highest BCUT2D eigenvalue weighted by molar-refractivity contribution is 6.08. The Morgan fingerprint density at radius 3 is 3.00 bits per heavy atom. The second-order valence-corrected chi connectivity index (χ2v) is 2.94. The van der Waals surface area contributed by atoms with E-state index in [0.717, 1.165) is 5.56 Å². The molecule has 0 spiro atoms. The Morgan fingerprint density at radius 2 is 2.38 bits per heavy atom. The summed E-state index contributed by atoms with van der Waals surface area (Å²) in [6, 6.07) is 9.07. The molecule has 0 unspecified atom stereocenters. The van der Waals surface area contributed by atoms with E-state index in [-0.39, 0.29) is 0 Å². The van der Waals surface area contributed by atoms with Crippen molar-refractivity contribution in [3.05, 3.63) is 47.5 Å². The van der Waals surface area contributed by atoms with E-state index in [1.165, 1.54) is 0 Å². The van der Waals surface area contributed by atoms with E-state index in [0.29, 0.717) is 17.7 Å². The first kappa shape index (κ1) is 11.7. The minimum atomic E-state index is 0.498. The number of carbonyl (C=O) groups is 1. The third-order valence-corrected chi connectivity index (χ3v) is 1.85. The number of nitrogens with one attached hydrogen (secondary N) is 1. The maximum absolute atomic E-state index is 10.2. The van der Waals surface area contributed by atoms with Crippen LogP contribution in [-0.2, 0) is 4.79 Å². The Morgan fingerprint density at radius 1 is 1.56 bits per heavy atom. The molecular weight excluding hydrogens is 202 g/mol. The largest absolute Gasteiger partial charge is 0.277 e. The van der Waals surface area contributed by atoms with Crippen molar-refractivity contribution < 1.29 is 4.79 Å². The Kier molecular flexibility index (Phi) is 4.48. The summed E-state index contributed by atoms with van der Waals surface area (Å²) in [5, 5.41) is 12.7. The number of allylic oxidation sites excluding steroid dienone is 2. The second kappa shape index (κ2) is 6.14. The number of rotatable bonds is 4. The number of hydrazone groups is 1. The number of amides is 1. The molecule has 0 bridgehead atoms. The van der Waals surface area contributed by atoms with Crippen molar-refractivity contribution in [1.82, 2.24) is 5.43 Å². The molecule has 1 amide bonds. The number of hydrogen-bond donors (Lipinski definition) is 1. The highest BCUT2D eigenvalue weighted by atomic mass is 16.1. The molecule has 1 N–H and O–H groups in total. The molecule has 0 atom stereocenters. The molecule has 1 rings (SSSR count). The fourth-order valence-corrected chi connectivity index (χ4v) is 1.20. The zero-order chi connectivity index (χ0) is 11.8. The fraction of sp³-hybridized carbons (Fsp3) is 0.0833. The van der Waals surface area contributed by atoms with Crippen LogP contribution in [0.5, 0.6) is 0 Å². The van der Waals surface area contributed by atoms with Crippen molar-refractivity contribution in [3.63, 3.8) is 0 Å². The average molecular weight is 213 g/mol. The van der Waals surface area contributed by atoms with Gasteiger partial charge in [-0.25, -0.2) is 5.43 Å². The Hall–Kier alpha value is -2.41. The van der Waals surface area contributed by atoms with Crippen molar-refractivity contribution in [3.8, 4) is 6.07 Å². The number of nitrogens with zero attached hydrogens (tertiary/aromatic N) is 2. The summed E-state index contributed by atoms with van der Waals surface area (Å²) in [6.07, 6.45) is 4.06. The van der Waals surface area contributed by atoms with Crippen LogP contribution in [0.3, 0.4) is 0 Å². The third-order valence-electron chi connectivity index (χ3n) is 1.85. The lowest BCUT2D eigenvalue weighted by Crippen LogP contribution is -2.07. The van der Waals surface area contributed by atoms with Crippen LogP contribution in [-0.4, -0.2) is 12.1 Å². The molecule has 0 radical (unpaired) electrons. The molecular formula is C12H11N3O. The standard InChI is InChI=1S/C12H11N3O/c1-2-4-12(15-14-9-16)11-6-3-5-10(7-11)8-13/h2-7,9H,1H3,(H,14,16)/b4-2-,15-12+. The van der Waals surface area contributed by atoms with Crippen LogP contribution in [0.4, 0.5) is 0 Å². The molecule has 0 aliphatic carbocycles. The van der Waals surface area contributed by atoms with Gasteiger partial charge in [-0.15, -0.1) is 0 Å². The van der Waals surface area contributed by atoms with Crippen LogP contribution < -0.4 is 5.43 Å². The first-order valence-electron chi connectivity index (χ1n) is 4.72. The van der Waals surface area contributed by atoms with Gasteiger partial charge in [0.2, 0.25) is 6.41 Å². The molecule has 0 aromatic heterocycles. The van der Waals surface area contributed by atoms with E-state index >= 15 is 0 Å². The summed E-state index contributed by atoms with van der Waals surface area (Å²) in [4.78, 5) is 10.2. The van der Waals surface area contributed by atoms with E-state index in [1.54, 1.807) is 24.3 Å². The van der Waals surface area contributed by atoms with Crippen molar-refractivity contribution in [2.75, 3.05) is 0 Å². The quantitative estimate of drug-likeness (QED) is 0.469. The van der Waals surface area contributed by atoms with Crippen molar-refractivity contribution in [1.29, 1.82) is 5.26 Å². The average Bonchev–Trinajstić information content (AvgIpc) is 2.34. The lowest BCUT2D eigenvalue weighted by molar-refractivity contribution is -0.109. The van der Waals surface area contributed by atoms with E-state index in [9.17, 15) is 4.79 Å². The summed E-state index contributed by atoms with van der Waals surface area (Å²) >= 11 is 0. The molecule has 0 fully saturated rings. The van der Waals surface area contributed by atoms with Crippen LogP contribution in [0, 0.1) is 11.3 Å². The smallest absolute Gasteiger partial charge is 0.227 e. The molecule has 1 aromatic rings. The molecule has 16 heavy (non-hydrogen) atoms. The predicted octanol–water partition coefficient (Wildman–Crippen LogP) is 1.58. The van der Waals surface area contributed by atoms with Gasteiger partial charge in [0.1, 0.15) is 0 Å².